The molecule has 0 radical (unpaired) electrons. The Balaban J connectivity index is 1.64. The fourth-order valence-corrected chi connectivity index (χ4v) is 3.01. The van der Waals surface area contributed by atoms with Gasteiger partial charge in [0.1, 0.15) is 36.6 Å². The van der Waals surface area contributed by atoms with E-state index >= 15 is 0 Å². The van der Waals surface area contributed by atoms with Gasteiger partial charge < -0.3 is 18.9 Å². The van der Waals surface area contributed by atoms with Crippen molar-refractivity contribution in [2.45, 2.75) is 13.8 Å². The Morgan fingerprint density at radius 1 is 0.658 bits per heavy atom. The summed E-state index contributed by atoms with van der Waals surface area (Å²) in [6.45, 7) is 9.91. The Bertz CT molecular complexity index is 1420. The Morgan fingerprint density at radius 2 is 1.21 bits per heavy atom. The molecule has 194 valence electrons. The van der Waals surface area contributed by atoms with E-state index in [2.05, 4.69) is 13.2 Å². The molecule has 0 saturated heterocycles. The van der Waals surface area contributed by atoms with Crippen LogP contribution in [0.3, 0.4) is 0 Å². The minimum atomic E-state index is -0.621. The van der Waals surface area contributed by atoms with Crippen LogP contribution >= 0.6 is 0 Å². The summed E-state index contributed by atoms with van der Waals surface area (Å²) in [5.41, 5.74) is 2.70. The van der Waals surface area contributed by atoms with Crippen molar-refractivity contribution < 1.29 is 37.3 Å². The lowest BCUT2D eigenvalue weighted by Crippen LogP contribution is -1.99. The van der Waals surface area contributed by atoms with Gasteiger partial charge in [0.2, 0.25) is 0 Å². The second-order valence-electron chi connectivity index (χ2n) is 8.02. The molecule has 38 heavy (non-hydrogen) atoms. The van der Waals surface area contributed by atoms with Gasteiger partial charge >= 0.3 is 11.9 Å². The molecule has 8 heteroatoms. The molecule has 0 fully saturated rings. The van der Waals surface area contributed by atoms with Gasteiger partial charge in [0.15, 0.2) is 11.6 Å². The highest BCUT2D eigenvalue weighted by Crippen LogP contribution is 2.30. The van der Waals surface area contributed by atoms with E-state index in [1.807, 2.05) is 0 Å². The van der Waals surface area contributed by atoms with Gasteiger partial charge in [0.05, 0.1) is 0 Å². The summed E-state index contributed by atoms with van der Waals surface area (Å²) in [6.07, 6.45) is 4.21. The lowest BCUT2D eigenvalue weighted by Gasteiger charge is -2.09. The fraction of sp³-hybridized carbons (Fsp3) is 0.0667. The van der Waals surface area contributed by atoms with Gasteiger partial charge in [0.25, 0.3) is 0 Å². The maximum absolute atomic E-state index is 14.7. The third-order valence-corrected chi connectivity index (χ3v) is 4.96. The van der Waals surface area contributed by atoms with E-state index < -0.39 is 23.6 Å². The summed E-state index contributed by atoms with van der Waals surface area (Å²) >= 11 is 0. The highest BCUT2D eigenvalue weighted by Gasteiger charge is 2.10. The molecule has 3 aromatic carbocycles. The van der Waals surface area contributed by atoms with Crippen LogP contribution in [0.2, 0.25) is 0 Å². The number of carbonyl (C=O) groups is 2. The molecule has 0 N–H and O–H groups in total. The van der Waals surface area contributed by atoms with Crippen molar-refractivity contribution in [3.8, 4) is 33.8 Å². The Hall–Kier alpha value is -4.98. The molecule has 0 heterocycles. The maximum Gasteiger partial charge on any atom is 0.338 e. The summed E-state index contributed by atoms with van der Waals surface area (Å²) in [5.74, 6) is -2.19. The van der Waals surface area contributed by atoms with Crippen molar-refractivity contribution in [2.24, 2.45) is 0 Å². The van der Waals surface area contributed by atoms with Gasteiger partial charge in [-0.1, -0.05) is 43.5 Å². The molecule has 0 unspecified atom stereocenters. The molecule has 0 aliphatic carbocycles. The van der Waals surface area contributed by atoms with Crippen LogP contribution in [-0.4, -0.2) is 11.9 Å². The first-order valence-corrected chi connectivity index (χ1v) is 11.2. The number of hydrogen-bond donors (Lipinski definition) is 0. The molecule has 0 aliphatic rings. The number of hydrogen-bond acceptors (Lipinski definition) is 6. The van der Waals surface area contributed by atoms with Crippen LogP contribution in [0.25, 0.3) is 22.3 Å². The number of halogens is 2. The van der Waals surface area contributed by atoms with Crippen LogP contribution in [-0.2, 0) is 19.1 Å². The molecule has 0 saturated carbocycles. The van der Waals surface area contributed by atoms with E-state index in [0.29, 0.717) is 22.3 Å². The lowest BCUT2D eigenvalue weighted by atomic mass is 10.00. The predicted octanol–water partition coefficient (Wildman–Crippen LogP) is 7.24. The minimum Gasteiger partial charge on any atom is -0.462 e. The quantitative estimate of drug-likeness (QED) is 0.160. The normalized spacial score (nSPS) is 10.8. The minimum absolute atomic E-state index is 0.0544. The van der Waals surface area contributed by atoms with Crippen LogP contribution in [0.4, 0.5) is 8.78 Å². The second kappa shape index (κ2) is 12.8. The van der Waals surface area contributed by atoms with Gasteiger partial charge in [0, 0.05) is 22.8 Å². The molecular formula is C30H24F2O6. The summed E-state index contributed by atoms with van der Waals surface area (Å²) in [5, 5.41) is 0. The molecule has 0 aromatic heterocycles. The van der Waals surface area contributed by atoms with E-state index in [4.69, 9.17) is 18.9 Å². The van der Waals surface area contributed by atoms with Crippen molar-refractivity contribution in [1.29, 1.82) is 0 Å². The topological polar surface area (TPSA) is 71.1 Å². The van der Waals surface area contributed by atoms with Crippen molar-refractivity contribution >= 4 is 11.9 Å². The van der Waals surface area contributed by atoms with Gasteiger partial charge in [-0.15, -0.1) is 0 Å². The van der Waals surface area contributed by atoms with Crippen LogP contribution in [0, 0.1) is 11.6 Å². The van der Waals surface area contributed by atoms with E-state index in [-0.39, 0.29) is 22.6 Å². The summed E-state index contributed by atoms with van der Waals surface area (Å²) < 4.78 is 49.1. The molecule has 0 bridgehead atoms. The van der Waals surface area contributed by atoms with E-state index in [9.17, 15) is 18.4 Å². The van der Waals surface area contributed by atoms with Crippen LogP contribution in [0.5, 0.6) is 11.5 Å². The largest absolute Gasteiger partial charge is 0.462 e. The van der Waals surface area contributed by atoms with Crippen LogP contribution in [0.1, 0.15) is 13.8 Å². The zero-order valence-electron chi connectivity index (χ0n) is 20.7. The Morgan fingerprint density at radius 3 is 1.76 bits per heavy atom. The van der Waals surface area contributed by atoms with Gasteiger partial charge in [-0.2, -0.15) is 0 Å². The lowest BCUT2D eigenvalue weighted by molar-refractivity contribution is -0.134. The molecular weight excluding hydrogens is 494 g/mol. The first kappa shape index (κ1) is 27.6. The van der Waals surface area contributed by atoms with Crippen molar-refractivity contribution in [3.63, 3.8) is 0 Å². The highest BCUT2D eigenvalue weighted by molar-refractivity contribution is 5.87. The Kier molecular flexibility index (Phi) is 9.31. The Labute approximate surface area is 218 Å². The van der Waals surface area contributed by atoms with Gasteiger partial charge in [-0.3, -0.25) is 0 Å². The number of rotatable bonds is 10. The molecule has 0 amide bonds. The number of ether oxygens (including phenoxy) is 4. The maximum atomic E-state index is 14.7. The van der Waals surface area contributed by atoms with E-state index in [1.54, 1.807) is 42.5 Å². The van der Waals surface area contributed by atoms with Crippen molar-refractivity contribution in [1.82, 2.24) is 0 Å². The van der Waals surface area contributed by atoms with Crippen molar-refractivity contribution in [2.75, 3.05) is 0 Å². The van der Waals surface area contributed by atoms with Crippen LogP contribution < -0.4 is 9.47 Å². The first-order valence-electron chi connectivity index (χ1n) is 11.2. The van der Waals surface area contributed by atoms with Gasteiger partial charge in [-0.05, 0) is 54.8 Å². The molecule has 6 nitrogen and oxygen atoms in total. The number of carbonyl (C=O) groups excluding carboxylic acids is 2. The predicted molar refractivity (Wildman–Crippen MR) is 139 cm³/mol. The third kappa shape index (κ3) is 7.51. The zero-order chi connectivity index (χ0) is 27.7. The highest BCUT2D eigenvalue weighted by atomic mass is 19.1. The fourth-order valence-electron chi connectivity index (χ4n) is 3.01. The average Bonchev–Trinajstić information content (AvgIpc) is 2.89. The van der Waals surface area contributed by atoms with E-state index in [0.717, 1.165) is 25.0 Å². The standard InChI is InChI=1S/C30H24F2O6/c1-19(2)29(33)37-15-13-35-24-10-11-25(26(31)18-24)22-7-5-21(6-8-22)23-9-12-28(27(32)17-23)36-14-16-38-30(34)20(3)4/h5-18H,1,3H2,2,4H3/b15-13-,16-14-. The summed E-state index contributed by atoms with van der Waals surface area (Å²) in [4.78, 5) is 22.6. The molecule has 3 rings (SSSR count). The molecule has 3 aromatic rings. The first-order chi connectivity index (χ1) is 18.2. The smallest absolute Gasteiger partial charge is 0.338 e. The summed E-state index contributed by atoms with van der Waals surface area (Å²) in [6, 6.07) is 15.6. The SMILES string of the molecule is C=C(C)C(=O)O/C=C\Oc1ccc(-c2ccc(-c3ccc(O/C=C\OC(=O)C(=C)C)c(F)c3)cc2)c(F)c1. The van der Waals surface area contributed by atoms with E-state index in [1.165, 1.54) is 32.0 Å². The monoisotopic (exact) mass is 518 g/mol. The third-order valence-electron chi connectivity index (χ3n) is 4.96. The number of esters is 2. The van der Waals surface area contributed by atoms with Crippen LogP contribution in [0.15, 0.2) is 110 Å². The molecule has 0 spiro atoms. The number of benzene rings is 3. The zero-order valence-corrected chi connectivity index (χ0v) is 20.7. The van der Waals surface area contributed by atoms with Crippen molar-refractivity contribution in [3.05, 3.63) is 122 Å². The molecule has 0 aliphatic heterocycles. The average molecular weight is 519 g/mol. The second-order valence-corrected chi connectivity index (χ2v) is 8.02. The molecule has 0 atom stereocenters. The summed E-state index contributed by atoms with van der Waals surface area (Å²) in [7, 11) is 0. The van der Waals surface area contributed by atoms with Gasteiger partial charge in [-0.25, -0.2) is 18.4 Å².